The molecule has 0 radical (unpaired) electrons. The van der Waals surface area contributed by atoms with E-state index in [4.69, 9.17) is 0 Å². The van der Waals surface area contributed by atoms with Gasteiger partial charge in [0.1, 0.15) is 12.0 Å². The van der Waals surface area contributed by atoms with Gasteiger partial charge in [-0.25, -0.2) is 13.6 Å². The summed E-state index contributed by atoms with van der Waals surface area (Å²) in [6.07, 6.45) is 6.07. The number of aromatic nitrogens is 2. The van der Waals surface area contributed by atoms with Crippen LogP contribution < -0.4 is 10.6 Å². The fraction of sp³-hybridized carbons (Fsp3) is 0.591. The Bertz CT molecular complexity index is 904. The largest absolute Gasteiger partial charge is 0.362 e. The number of quaternary nitrogens is 1. The van der Waals surface area contributed by atoms with Crippen molar-refractivity contribution in [1.82, 2.24) is 15.1 Å². The Labute approximate surface area is 190 Å². The van der Waals surface area contributed by atoms with E-state index < -0.39 is 29.4 Å². The number of allylic oxidation sites excluding steroid dienone is 3. The van der Waals surface area contributed by atoms with Gasteiger partial charge in [-0.2, -0.15) is 16.9 Å². The van der Waals surface area contributed by atoms with Crippen LogP contribution in [0.3, 0.4) is 0 Å². The normalized spacial score (nSPS) is 29.2. The summed E-state index contributed by atoms with van der Waals surface area (Å²) in [4.78, 5) is 28.0. The van der Waals surface area contributed by atoms with Crippen LogP contribution in [-0.4, -0.2) is 69.8 Å². The highest BCUT2D eigenvalue weighted by Gasteiger charge is 2.34. The van der Waals surface area contributed by atoms with Crippen molar-refractivity contribution in [2.24, 2.45) is 5.92 Å². The molecule has 2 unspecified atom stereocenters. The smallest absolute Gasteiger partial charge is 0.319 e. The molecular formula is C22H30F2N5O2S+. The molecule has 4 rings (SSSR count). The van der Waals surface area contributed by atoms with Crippen LogP contribution in [0.5, 0.6) is 0 Å². The van der Waals surface area contributed by atoms with E-state index in [2.05, 4.69) is 20.4 Å². The molecule has 4 N–H and O–H groups in total. The monoisotopic (exact) mass is 466 g/mol. The Kier molecular flexibility index (Phi) is 7.42. The molecule has 1 saturated heterocycles. The second-order valence-electron chi connectivity index (χ2n) is 8.74. The van der Waals surface area contributed by atoms with Crippen LogP contribution in [-0.2, 0) is 4.79 Å². The lowest BCUT2D eigenvalue weighted by molar-refractivity contribution is -0.598. The first-order valence-corrected chi connectivity index (χ1v) is 12.4. The molecule has 2 amide bonds. The first-order chi connectivity index (χ1) is 15.4. The van der Waals surface area contributed by atoms with Gasteiger partial charge in [-0.05, 0) is 18.9 Å². The second kappa shape index (κ2) is 10.3. The Morgan fingerprint density at radius 3 is 2.69 bits per heavy atom. The number of aromatic amines is 1. The van der Waals surface area contributed by atoms with Crippen molar-refractivity contribution in [3.05, 3.63) is 35.4 Å². The SMILES string of the molecule is CC1C=CC(F)=C(C(=O)Nc2cn[nH]c2C(=O)[NH2+]C2CCC(N3CCSCC3)CC2)C1F. The van der Waals surface area contributed by atoms with E-state index in [0.717, 1.165) is 44.8 Å². The van der Waals surface area contributed by atoms with Crippen molar-refractivity contribution < 1.29 is 23.7 Å². The fourth-order valence-electron chi connectivity index (χ4n) is 4.68. The number of carbonyl (C=O) groups is 2. The summed E-state index contributed by atoms with van der Waals surface area (Å²) in [5.41, 5.74) is -0.298. The van der Waals surface area contributed by atoms with Crippen molar-refractivity contribution in [3.8, 4) is 0 Å². The Morgan fingerprint density at radius 1 is 1.25 bits per heavy atom. The molecule has 1 aromatic heterocycles. The number of alkyl halides is 1. The maximum absolute atomic E-state index is 14.4. The number of amides is 2. The topological polar surface area (TPSA) is 94.7 Å². The number of hydrogen-bond donors (Lipinski definition) is 3. The van der Waals surface area contributed by atoms with E-state index in [1.54, 1.807) is 12.2 Å². The number of rotatable bonds is 5. The lowest BCUT2D eigenvalue weighted by atomic mass is 9.90. The summed E-state index contributed by atoms with van der Waals surface area (Å²) in [6.45, 7) is 3.86. The number of primary amides is 1. The molecule has 0 aromatic carbocycles. The third kappa shape index (κ3) is 5.13. The number of hydrogen-bond acceptors (Lipinski definition) is 5. The number of anilines is 1. The van der Waals surface area contributed by atoms with Gasteiger partial charge < -0.3 is 5.32 Å². The van der Waals surface area contributed by atoms with Gasteiger partial charge in [0.05, 0.1) is 23.5 Å². The first-order valence-electron chi connectivity index (χ1n) is 11.2. The molecule has 2 heterocycles. The highest BCUT2D eigenvalue weighted by molar-refractivity contribution is 7.99. The van der Waals surface area contributed by atoms with Gasteiger partial charge in [0, 0.05) is 49.4 Å². The molecule has 3 aliphatic rings. The van der Waals surface area contributed by atoms with Crippen LogP contribution in [0, 0.1) is 5.92 Å². The lowest BCUT2D eigenvalue weighted by Crippen LogP contribution is -2.93. The quantitative estimate of drug-likeness (QED) is 0.618. The van der Waals surface area contributed by atoms with Crippen molar-refractivity contribution >= 4 is 29.3 Å². The zero-order valence-electron chi connectivity index (χ0n) is 18.2. The predicted octanol–water partition coefficient (Wildman–Crippen LogP) is 2.18. The van der Waals surface area contributed by atoms with Crippen molar-refractivity contribution in [2.45, 2.75) is 50.9 Å². The molecule has 1 aromatic rings. The predicted molar refractivity (Wildman–Crippen MR) is 120 cm³/mol. The van der Waals surface area contributed by atoms with Crippen LogP contribution in [0.4, 0.5) is 14.5 Å². The third-order valence-corrected chi connectivity index (χ3v) is 7.55. The summed E-state index contributed by atoms with van der Waals surface area (Å²) in [5, 5.41) is 10.6. The second-order valence-corrected chi connectivity index (χ2v) is 9.97. The molecule has 1 saturated carbocycles. The van der Waals surface area contributed by atoms with E-state index in [9.17, 15) is 18.4 Å². The summed E-state index contributed by atoms with van der Waals surface area (Å²) in [6, 6.07) is 0.769. The van der Waals surface area contributed by atoms with E-state index in [0.29, 0.717) is 6.04 Å². The lowest BCUT2D eigenvalue weighted by Gasteiger charge is -2.37. The van der Waals surface area contributed by atoms with E-state index in [-0.39, 0.29) is 23.3 Å². The number of H-pyrrole nitrogens is 1. The summed E-state index contributed by atoms with van der Waals surface area (Å²) in [5.74, 6) is -0.288. The molecule has 0 bridgehead atoms. The van der Waals surface area contributed by atoms with Crippen molar-refractivity contribution in [2.75, 3.05) is 29.9 Å². The molecule has 10 heteroatoms. The van der Waals surface area contributed by atoms with Crippen LogP contribution in [0.1, 0.15) is 43.1 Å². The molecule has 2 atom stereocenters. The number of nitrogens with two attached hydrogens (primary N) is 1. The minimum atomic E-state index is -1.74. The third-order valence-electron chi connectivity index (χ3n) is 6.61. The molecule has 0 spiro atoms. The number of thioether (sulfide) groups is 1. The Hall–Kier alpha value is -2.04. The van der Waals surface area contributed by atoms with Gasteiger partial charge in [-0.1, -0.05) is 13.0 Å². The maximum Gasteiger partial charge on any atom is 0.362 e. The Balaban J connectivity index is 1.34. The number of carbonyl (C=O) groups excluding carboxylic acids is 2. The Morgan fingerprint density at radius 2 is 1.97 bits per heavy atom. The maximum atomic E-state index is 14.4. The van der Waals surface area contributed by atoms with Crippen LogP contribution in [0.25, 0.3) is 0 Å². The minimum absolute atomic E-state index is 0.129. The molecule has 174 valence electrons. The van der Waals surface area contributed by atoms with Crippen molar-refractivity contribution in [3.63, 3.8) is 0 Å². The summed E-state index contributed by atoms with van der Waals surface area (Å²) < 4.78 is 28.5. The minimum Gasteiger partial charge on any atom is -0.319 e. The molecule has 32 heavy (non-hydrogen) atoms. The van der Waals surface area contributed by atoms with E-state index in [1.165, 1.54) is 23.8 Å². The molecule has 7 nitrogen and oxygen atoms in total. The number of nitrogens with zero attached hydrogens (tertiary/aromatic N) is 2. The van der Waals surface area contributed by atoms with E-state index in [1.807, 2.05) is 11.8 Å². The van der Waals surface area contributed by atoms with Crippen LogP contribution >= 0.6 is 11.8 Å². The summed E-state index contributed by atoms with van der Waals surface area (Å²) >= 11 is 2.01. The molecule has 2 fully saturated rings. The highest BCUT2D eigenvalue weighted by Crippen LogP contribution is 2.29. The average Bonchev–Trinajstić information content (AvgIpc) is 3.26. The number of nitrogens with one attached hydrogen (secondary N) is 2. The summed E-state index contributed by atoms with van der Waals surface area (Å²) in [7, 11) is 0. The van der Waals surface area contributed by atoms with Gasteiger partial charge in [-0.15, -0.1) is 0 Å². The molecule has 1 aliphatic heterocycles. The van der Waals surface area contributed by atoms with Gasteiger partial charge in [-0.3, -0.25) is 20.1 Å². The standard InChI is InChI=1S/C22H29F2N5O2S/c1-13-2-7-16(23)18(19(13)24)21(30)27-17-12-25-28-20(17)22(31)26-14-3-5-15(6-4-14)29-8-10-32-11-9-29/h2,7,12-15,19H,3-6,8-11H2,1H3,(H,25,28)(H,26,31)(H,27,30)/p+1. The van der Waals surface area contributed by atoms with Gasteiger partial charge in [0.15, 0.2) is 5.69 Å². The zero-order chi connectivity index (χ0) is 22.7. The van der Waals surface area contributed by atoms with Crippen LogP contribution in [0.2, 0.25) is 0 Å². The van der Waals surface area contributed by atoms with E-state index >= 15 is 0 Å². The van der Waals surface area contributed by atoms with Crippen molar-refractivity contribution in [1.29, 1.82) is 0 Å². The van der Waals surface area contributed by atoms with Gasteiger partial charge in [0.25, 0.3) is 5.91 Å². The highest BCUT2D eigenvalue weighted by atomic mass is 32.2. The van der Waals surface area contributed by atoms with Gasteiger partial charge in [0.2, 0.25) is 0 Å². The first kappa shape index (κ1) is 23.1. The average molecular weight is 467 g/mol. The molecular weight excluding hydrogens is 436 g/mol. The van der Waals surface area contributed by atoms with Gasteiger partial charge >= 0.3 is 5.91 Å². The fourth-order valence-corrected chi connectivity index (χ4v) is 5.62. The zero-order valence-corrected chi connectivity index (χ0v) is 19.0. The number of halogens is 2. The molecule has 2 aliphatic carbocycles. The van der Waals surface area contributed by atoms with Crippen LogP contribution in [0.15, 0.2) is 29.7 Å².